The summed E-state index contributed by atoms with van der Waals surface area (Å²) in [5.74, 6) is -0.492. The molecule has 0 spiro atoms. The van der Waals surface area contributed by atoms with Crippen LogP contribution in [0.4, 0.5) is 17.1 Å². The predicted octanol–water partition coefficient (Wildman–Crippen LogP) is 3.52. The summed E-state index contributed by atoms with van der Waals surface area (Å²) in [4.78, 5) is 13.8. The monoisotopic (exact) mass is 333 g/mol. The lowest BCUT2D eigenvalue weighted by atomic mass is 10.2. The number of hydrogen-bond donors (Lipinski definition) is 3. The fraction of sp³-hybridized carbons (Fsp3) is 0.0714. The van der Waals surface area contributed by atoms with Gasteiger partial charge in [-0.2, -0.15) is 0 Å². The first-order valence-electron chi connectivity index (χ1n) is 5.98. The average molecular weight is 334 g/mol. The SMILES string of the molecule is Cc1ccc(Br)c(Nc2cc3[nH]c(=O)oc3cc2N)c1. The van der Waals surface area contributed by atoms with Crippen LogP contribution in [0.25, 0.3) is 11.1 Å². The summed E-state index contributed by atoms with van der Waals surface area (Å²) in [6.07, 6.45) is 0. The summed E-state index contributed by atoms with van der Waals surface area (Å²) in [6.45, 7) is 2.01. The molecule has 5 nitrogen and oxygen atoms in total. The number of halogens is 1. The van der Waals surface area contributed by atoms with E-state index in [9.17, 15) is 4.79 Å². The molecule has 20 heavy (non-hydrogen) atoms. The highest BCUT2D eigenvalue weighted by Gasteiger charge is 2.08. The van der Waals surface area contributed by atoms with E-state index in [0.29, 0.717) is 22.5 Å². The topological polar surface area (TPSA) is 84.0 Å². The van der Waals surface area contributed by atoms with Crippen LogP contribution in [0.1, 0.15) is 5.56 Å². The summed E-state index contributed by atoms with van der Waals surface area (Å²) in [7, 11) is 0. The molecule has 0 saturated heterocycles. The molecule has 0 saturated carbocycles. The van der Waals surface area contributed by atoms with Crippen LogP contribution >= 0.6 is 15.9 Å². The van der Waals surface area contributed by atoms with Crippen LogP contribution in [-0.4, -0.2) is 4.98 Å². The number of anilines is 3. The fourth-order valence-corrected chi connectivity index (χ4v) is 2.35. The van der Waals surface area contributed by atoms with Gasteiger partial charge in [-0.3, -0.25) is 4.98 Å². The minimum atomic E-state index is -0.492. The lowest BCUT2D eigenvalue weighted by molar-refractivity contribution is 0.555. The number of nitrogens with two attached hydrogens (primary N) is 1. The molecule has 0 aliphatic carbocycles. The van der Waals surface area contributed by atoms with E-state index in [2.05, 4.69) is 26.2 Å². The molecule has 0 radical (unpaired) electrons. The molecule has 0 aliphatic rings. The molecule has 0 bridgehead atoms. The van der Waals surface area contributed by atoms with Gasteiger partial charge in [-0.25, -0.2) is 4.79 Å². The molecule has 0 fully saturated rings. The third-order valence-electron chi connectivity index (χ3n) is 2.98. The first-order chi connectivity index (χ1) is 9.52. The van der Waals surface area contributed by atoms with Crippen molar-refractivity contribution in [3.05, 3.63) is 50.9 Å². The maximum absolute atomic E-state index is 11.2. The van der Waals surface area contributed by atoms with Gasteiger partial charge in [-0.1, -0.05) is 6.07 Å². The largest absolute Gasteiger partial charge is 0.417 e. The Hall–Kier alpha value is -2.21. The van der Waals surface area contributed by atoms with E-state index >= 15 is 0 Å². The molecule has 0 amide bonds. The molecule has 6 heteroatoms. The number of H-pyrrole nitrogens is 1. The second kappa shape index (κ2) is 4.72. The van der Waals surface area contributed by atoms with Crippen molar-refractivity contribution in [1.29, 1.82) is 0 Å². The van der Waals surface area contributed by atoms with Crippen molar-refractivity contribution in [2.45, 2.75) is 6.92 Å². The van der Waals surface area contributed by atoms with E-state index in [4.69, 9.17) is 10.2 Å². The first-order valence-corrected chi connectivity index (χ1v) is 6.78. The van der Waals surface area contributed by atoms with Crippen molar-refractivity contribution < 1.29 is 4.42 Å². The molecule has 3 aromatic rings. The third-order valence-corrected chi connectivity index (χ3v) is 3.67. The van der Waals surface area contributed by atoms with Crippen molar-refractivity contribution >= 4 is 44.1 Å². The molecule has 1 heterocycles. The molecule has 0 unspecified atom stereocenters. The molecule has 3 rings (SSSR count). The Morgan fingerprint density at radius 3 is 2.85 bits per heavy atom. The average Bonchev–Trinajstić information content (AvgIpc) is 2.73. The highest BCUT2D eigenvalue weighted by molar-refractivity contribution is 9.10. The van der Waals surface area contributed by atoms with Gasteiger partial charge >= 0.3 is 5.76 Å². The Morgan fingerprint density at radius 2 is 2.05 bits per heavy atom. The number of aryl methyl sites for hydroxylation is 1. The number of benzene rings is 2. The van der Waals surface area contributed by atoms with Gasteiger partial charge in [0.2, 0.25) is 0 Å². The smallest absolute Gasteiger partial charge is 0.408 e. The lowest BCUT2D eigenvalue weighted by Gasteiger charge is -2.11. The van der Waals surface area contributed by atoms with Gasteiger partial charge in [0.25, 0.3) is 0 Å². The summed E-state index contributed by atoms with van der Waals surface area (Å²) in [5, 5.41) is 3.25. The Kier molecular flexibility index (Phi) is 3.02. The number of oxazole rings is 1. The fourth-order valence-electron chi connectivity index (χ4n) is 2.00. The maximum atomic E-state index is 11.2. The van der Waals surface area contributed by atoms with Crippen LogP contribution in [0.15, 0.2) is 44.0 Å². The van der Waals surface area contributed by atoms with Crippen LogP contribution in [-0.2, 0) is 0 Å². The van der Waals surface area contributed by atoms with E-state index in [-0.39, 0.29) is 0 Å². The molecule has 102 valence electrons. The molecule has 0 aliphatic heterocycles. The number of nitrogen functional groups attached to an aromatic ring is 1. The zero-order chi connectivity index (χ0) is 14.3. The summed E-state index contributed by atoms with van der Waals surface area (Å²) >= 11 is 3.49. The Balaban J connectivity index is 2.07. The van der Waals surface area contributed by atoms with E-state index < -0.39 is 5.76 Å². The van der Waals surface area contributed by atoms with Crippen molar-refractivity contribution in [3.8, 4) is 0 Å². The standard InChI is InChI=1S/C14H12BrN3O2/c1-7-2-3-8(15)10(4-7)17-11-6-12-13(5-9(11)16)20-14(19)18-12/h2-6,17H,16H2,1H3,(H,18,19). The van der Waals surface area contributed by atoms with Gasteiger partial charge in [0.05, 0.1) is 22.6 Å². The Morgan fingerprint density at radius 1 is 1.25 bits per heavy atom. The van der Waals surface area contributed by atoms with Crippen LogP contribution in [0.2, 0.25) is 0 Å². The number of aromatic amines is 1. The van der Waals surface area contributed by atoms with Crippen molar-refractivity contribution in [3.63, 3.8) is 0 Å². The number of aromatic nitrogens is 1. The summed E-state index contributed by atoms with van der Waals surface area (Å²) in [6, 6.07) is 9.36. The third kappa shape index (κ3) is 2.30. The molecule has 1 aromatic heterocycles. The minimum absolute atomic E-state index is 0.446. The molecular weight excluding hydrogens is 322 g/mol. The first kappa shape index (κ1) is 12.8. The van der Waals surface area contributed by atoms with Crippen molar-refractivity contribution in [1.82, 2.24) is 4.98 Å². The van der Waals surface area contributed by atoms with Gasteiger partial charge in [0.15, 0.2) is 5.58 Å². The van der Waals surface area contributed by atoms with E-state index in [1.165, 1.54) is 0 Å². The summed E-state index contributed by atoms with van der Waals surface area (Å²) in [5.41, 5.74) is 10.3. The van der Waals surface area contributed by atoms with Gasteiger partial charge in [0, 0.05) is 10.5 Å². The van der Waals surface area contributed by atoms with Crippen molar-refractivity contribution in [2.24, 2.45) is 0 Å². The van der Waals surface area contributed by atoms with Crippen LogP contribution < -0.4 is 16.8 Å². The van der Waals surface area contributed by atoms with Gasteiger partial charge in [-0.05, 0) is 46.6 Å². The highest BCUT2D eigenvalue weighted by Crippen LogP contribution is 2.31. The van der Waals surface area contributed by atoms with Crippen LogP contribution in [0.3, 0.4) is 0 Å². The molecule has 0 atom stereocenters. The van der Waals surface area contributed by atoms with Gasteiger partial charge in [-0.15, -0.1) is 0 Å². The highest BCUT2D eigenvalue weighted by atomic mass is 79.9. The second-order valence-electron chi connectivity index (χ2n) is 4.56. The van der Waals surface area contributed by atoms with E-state index in [0.717, 1.165) is 15.7 Å². The predicted molar refractivity (Wildman–Crippen MR) is 83.4 cm³/mol. The quantitative estimate of drug-likeness (QED) is 0.626. The van der Waals surface area contributed by atoms with Crippen molar-refractivity contribution in [2.75, 3.05) is 11.1 Å². The maximum Gasteiger partial charge on any atom is 0.417 e. The number of rotatable bonds is 2. The summed E-state index contributed by atoms with van der Waals surface area (Å²) < 4.78 is 5.90. The van der Waals surface area contributed by atoms with Gasteiger partial charge < -0.3 is 15.5 Å². The zero-order valence-corrected chi connectivity index (χ0v) is 12.2. The van der Waals surface area contributed by atoms with E-state index in [1.807, 2.05) is 25.1 Å². The Bertz CT molecular complexity index is 851. The van der Waals surface area contributed by atoms with Crippen LogP contribution in [0, 0.1) is 6.92 Å². The number of fused-ring (bicyclic) bond motifs is 1. The number of nitrogens with one attached hydrogen (secondary N) is 2. The van der Waals surface area contributed by atoms with Crippen LogP contribution in [0.5, 0.6) is 0 Å². The lowest BCUT2D eigenvalue weighted by Crippen LogP contribution is -1.97. The minimum Gasteiger partial charge on any atom is -0.408 e. The molecular formula is C14H12BrN3O2. The van der Waals surface area contributed by atoms with Gasteiger partial charge in [0.1, 0.15) is 0 Å². The Labute approximate surface area is 122 Å². The normalized spacial score (nSPS) is 10.9. The number of hydrogen-bond acceptors (Lipinski definition) is 4. The second-order valence-corrected chi connectivity index (χ2v) is 5.41. The van der Waals surface area contributed by atoms with E-state index in [1.54, 1.807) is 12.1 Å². The molecule has 4 N–H and O–H groups in total. The molecule has 2 aromatic carbocycles. The zero-order valence-electron chi connectivity index (χ0n) is 10.7.